The second kappa shape index (κ2) is 5.15. The summed E-state index contributed by atoms with van der Waals surface area (Å²) in [5.41, 5.74) is 7.09. The fourth-order valence-corrected chi connectivity index (χ4v) is 2.58. The van der Waals surface area contributed by atoms with E-state index in [1.807, 2.05) is 13.0 Å². The minimum atomic E-state index is -0.181. The molecule has 1 aliphatic rings. The van der Waals surface area contributed by atoms with E-state index in [-0.39, 0.29) is 17.9 Å². The van der Waals surface area contributed by atoms with Gasteiger partial charge in [-0.15, -0.1) is 0 Å². The lowest BCUT2D eigenvalue weighted by Crippen LogP contribution is -2.40. The maximum absolute atomic E-state index is 13.3. The number of hydrogen-bond acceptors (Lipinski definition) is 2. The number of benzene rings is 1. The van der Waals surface area contributed by atoms with Gasteiger partial charge in [0, 0.05) is 18.1 Å². The smallest absolute Gasteiger partial charge is 0.123 e. The van der Waals surface area contributed by atoms with E-state index < -0.39 is 0 Å². The molecule has 0 amide bonds. The summed E-state index contributed by atoms with van der Waals surface area (Å²) in [7, 11) is 0. The molecule has 1 aromatic rings. The molecule has 94 valence electrons. The molecule has 2 rings (SSSR count). The number of nitrogens with zero attached hydrogens (tertiary/aromatic N) is 1. The van der Waals surface area contributed by atoms with E-state index in [1.54, 1.807) is 12.1 Å². The van der Waals surface area contributed by atoms with Gasteiger partial charge in [0.25, 0.3) is 0 Å². The molecule has 0 spiro atoms. The SMILES string of the molecule is CCN(C1CC1)C(c1cccc(F)c1)C(C)N. The van der Waals surface area contributed by atoms with Crippen molar-refractivity contribution in [3.63, 3.8) is 0 Å². The van der Waals surface area contributed by atoms with Crippen molar-refractivity contribution in [3.05, 3.63) is 35.6 Å². The Labute approximate surface area is 103 Å². The molecule has 0 aliphatic heterocycles. The van der Waals surface area contributed by atoms with Crippen LogP contribution in [0, 0.1) is 5.82 Å². The van der Waals surface area contributed by atoms with Crippen molar-refractivity contribution in [2.45, 2.75) is 44.8 Å². The predicted molar refractivity (Wildman–Crippen MR) is 68.2 cm³/mol. The van der Waals surface area contributed by atoms with Crippen LogP contribution in [-0.2, 0) is 0 Å². The van der Waals surface area contributed by atoms with E-state index in [0.717, 1.165) is 12.1 Å². The molecule has 1 aliphatic carbocycles. The molecule has 2 unspecified atom stereocenters. The van der Waals surface area contributed by atoms with Gasteiger partial charge in [0.05, 0.1) is 0 Å². The summed E-state index contributed by atoms with van der Waals surface area (Å²) in [4.78, 5) is 2.40. The second-order valence-electron chi connectivity index (χ2n) is 4.92. The highest BCUT2D eigenvalue weighted by molar-refractivity contribution is 5.22. The van der Waals surface area contributed by atoms with Crippen LogP contribution in [0.5, 0.6) is 0 Å². The maximum Gasteiger partial charge on any atom is 0.123 e. The summed E-state index contributed by atoms with van der Waals surface area (Å²) in [5, 5.41) is 0. The first-order valence-electron chi connectivity index (χ1n) is 6.40. The molecule has 0 heterocycles. The Morgan fingerprint density at radius 3 is 2.65 bits per heavy atom. The molecule has 2 atom stereocenters. The van der Waals surface area contributed by atoms with Gasteiger partial charge in [0.1, 0.15) is 5.82 Å². The van der Waals surface area contributed by atoms with Crippen molar-refractivity contribution in [2.24, 2.45) is 5.73 Å². The zero-order chi connectivity index (χ0) is 12.4. The van der Waals surface area contributed by atoms with Crippen molar-refractivity contribution >= 4 is 0 Å². The van der Waals surface area contributed by atoms with Crippen LogP contribution in [-0.4, -0.2) is 23.5 Å². The van der Waals surface area contributed by atoms with E-state index in [1.165, 1.54) is 18.9 Å². The predicted octanol–water partition coefficient (Wildman–Crippen LogP) is 2.70. The number of likely N-dealkylation sites (N-methyl/N-ethyl adjacent to an activating group) is 1. The fraction of sp³-hybridized carbons (Fsp3) is 0.571. The van der Waals surface area contributed by atoms with Crippen molar-refractivity contribution < 1.29 is 4.39 Å². The van der Waals surface area contributed by atoms with Gasteiger partial charge < -0.3 is 5.73 Å². The Morgan fingerprint density at radius 2 is 2.18 bits per heavy atom. The molecular weight excluding hydrogens is 215 g/mol. The van der Waals surface area contributed by atoms with Gasteiger partial charge in [-0.25, -0.2) is 4.39 Å². The van der Waals surface area contributed by atoms with Crippen molar-refractivity contribution in [1.29, 1.82) is 0 Å². The van der Waals surface area contributed by atoms with Gasteiger partial charge in [-0.1, -0.05) is 19.1 Å². The summed E-state index contributed by atoms with van der Waals surface area (Å²) in [6, 6.07) is 7.61. The molecular formula is C14H21FN2. The van der Waals surface area contributed by atoms with Crippen molar-refractivity contribution in [1.82, 2.24) is 4.90 Å². The van der Waals surface area contributed by atoms with Crippen LogP contribution in [0.15, 0.2) is 24.3 Å². The average molecular weight is 236 g/mol. The van der Waals surface area contributed by atoms with Crippen LogP contribution < -0.4 is 5.73 Å². The molecule has 17 heavy (non-hydrogen) atoms. The zero-order valence-corrected chi connectivity index (χ0v) is 10.6. The van der Waals surface area contributed by atoms with Gasteiger partial charge in [-0.05, 0) is 44.0 Å². The summed E-state index contributed by atoms with van der Waals surface area (Å²) >= 11 is 0. The number of halogens is 1. The minimum absolute atomic E-state index is 0.0114. The van der Waals surface area contributed by atoms with E-state index >= 15 is 0 Å². The molecule has 0 saturated heterocycles. The summed E-state index contributed by atoms with van der Waals surface area (Å²) in [5.74, 6) is -0.181. The molecule has 3 heteroatoms. The highest BCUT2D eigenvalue weighted by atomic mass is 19.1. The minimum Gasteiger partial charge on any atom is -0.326 e. The second-order valence-corrected chi connectivity index (χ2v) is 4.92. The van der Waals surface area contributed by atoms with E-state index in [2.05, 4.69) is 11.8 Å². The summed E-state index contributed by atoms with van der Waals surface area (Å²) < 4.78 is 13.3. The largest absolute Gasteiger partial charge is 0.326 e. The highest BCUT2D eigenvalue weighted by Gasteiger charge is 2.35. The van der Waals surface area contributed by atoms with Crippen LogP contribution in [0.3, 0.4) is 0 Å². The molecule has 2 N–H and O–H groups in total. The third kappa shape index (κ3) is 2.85. The molecule has 0 aromatic heterocycles. The zero-order valence-electron chi connectivity index (χ0n) is 10.6. The van der Waals surface area contributed by atoms with Gasteiger partial charge in [-0.2, -0.15) is 0 Å². The Bertz CT molecular complexity index is 374. The molecule has 0 radical (unpaired) electrons. The fourth-order valence-electron chi connectivity index (χ4n) is 2.58. The van der Waals surface area contributed by atoms with Gasteiger partial charge in [0.2, 0.25) is 0 Å². The van der Waals surface area contributed by atoms with Crippen molar-refractivity contribution in [3.8, 4) is 0 Å². The maximum atomic E-state index is 13.3. The molecule has 1 aromatic carbocycles. The summed E-state index contributed by atoms with van der Waals surface area (Å²) in [6.07, 6.45) is 2.48. The van der Waals surface area contributed by atoms with Gasteiger partial charge >= 0.3 is 0 Å². The van der Waals surface area contributed by atoms with Crippen LogP contribution in [0.25, 0.3) is 0 Å². The number of rotatable bonds is 5. The first-order valence-corrected chi connectivity index (χ1v) is 6.40. The Balaban J connectivity index is 2.27. The molecule has 0 bridgehead atoms. The Morgan fingerprint density at radius 1 is 1.47 bits per heavy atom. The van der Waals surface area contributed by atoms with Crippen LogP contribution in [0.2, 0.25) is 0 Å². The first kappa shape index (κ1) is 12.5. The normalized spacial score (nSPS) is 19.4. The Hall–Kier alpha value is -0.930. The highest BCUT2D eigenvalue weighted by Crippen LogP contribution is 2.35. The third-order valence-corrected chi connectivity index (χ3v) is 3.43. The Kier molecular flexibility index (Phi) is 3.79. The van der Waals surface area contributed by atoms with E-state index in [4.69, 9.17) is 5.73 Å². The van der Waals surface area contributed by atoms with E-state index in [9.17, 15) is 4.39 Å². The number of hydrogen-bond donors (Lipinski definition) is 1. The van der Waals surface area contributed by atoms with Gasteiger partial charge in [0.15, 0.2) is 0 Å². The van der Waals surface area contributed by atoms with E-state index in [0.29, 0.717) is 6.04 Å². The van der Waals surface area contributed by atoms with Crippen LogP contribution >= 0.6 is 0 Å². The summed E-state index contributed by atoms with van der Waals surface area (Å²) in [6.45, 7) is 5.11. The monoisotopic (exact) mass is 236 g/mol. The van der Waals surface area contributed by atoms with Crippen molar-refractivity contribution in [2.75, 3.05) is 6.54 Å². The standard InChI is InChI=1S/C14H21FN2/c1-3-17(13-7-8-13)14(10(2)16)11-5-4-6-12(15)9-11/h4-6,9-10,13-14H,3,7-8,16H2,1-2H3. The topological polar surface area (TPSA) is 29.3 Å². The van der Waals surface area contributed by atoms with Crippen LogP contribution in [0.1, 0.15) is 38.3 Å². The third-order valence-electron chi connectivity index (χ3n) is 3.43. The molecule has 2 nitrogen and oxygen atoms in total. The number of nitrogens with two attached hydrogens (primary N) is 1. The first-order chi connectivity index (χ1) is 8.13. The lowest BCUT2D eigenvalue weighted by molar-refractivity contribution is 0.175. The molecule has 1 saturated carbocycles. The lowest BCUT2D eigenvalue weighted by atomic mass is 9.99. The van der Waals surface area contributed by atoms with Crippen LogP contribution in [0.4, 0.5) is 4.39 Å². The molecule has 1 fully saturated rings. The van der Waals surface area contributed by atoms with Gasteiger partial charge in [-0.3, -0.25) is 4.90 Å². The lowest BCUT2D eigenvalue weighted by Gasteiger charge is -2.34. The average Bonchev–Trinajstić information content (AvgIpc) is 3.08. The quantitative estimate of drug-likeness (QED) is 0.851.